The number of benzene rings is 1. The van der Waals surface area contributed by atoms with E-state index in [9.17, 15) is 9.59 Å². The average molecular weight is 236 g/mol. The van der Waals surface area contributed by atoms with Crippen molar-refractivity contribution in [2.75, 3.05) is 13.1 Å². The van der Waals surface area contributed by atoms with Gasteiger partial charge in [0.2, 0.25) is 5.91 Å². The molecule has 0 aliphatic carbocycles. The molecule has 92 valence electrons. The molecular formula is C12H16N2O3. The minimum Gasteiger partial charge on any atom is -0.478 e. The fraction of sp³-hybridized carbons (Fsp3) is 0.333. The molecule has 1 aromatic rings. The summed E-state index contributed by atoms with van der Waals surface area (Å²) in [6.45, 7) is 3.29. The molecule has 0 bridgehead atoms. The number of carbonyl (C=O) groups excluding carboxylic acids is 1. The summed E-state index contributed by atoms with van der Waals surface area (Å²) >= 11 is 0. The summed E-state index contributed by atoms with van der Waals surface area (Å²) in [6.07, 6.45) is 0. The molecule has 1 amide bonds. The van der Waals surface area contributed by atoms with Gasteiger partial charge in [0.15, 0.2) is 0 Å². The molecule has 17 heavy (non-hydrogen) atoms. The van der Waals surface area contributed by atoms with Crippen LogP contribution in [-0.4, -0.2) is 35.0 Å². The van der Waals surface area contributed by atoms with Crippen LogP contribution in [0.4, 0.5) is 0 Å². The molecule has 0 aromatic heterocycles. The molecule has 3 N–H and O–H groups in total. The Balaban J connectivity index is 2.75. The highest BCUT2D eigenvalue weighted by Gasteiger charge is 2.08. The molecule has 0 saturated heterocycles. The summed E-state index contributed by atoms with van der Waals surface area (Å²) in [5, 5.41) is 8.86. The van der Waals surface area contributed by atoms with E-state index in [0.29, 0.717) is 13.1 Å². The van der Waals surface area contributed by atoms with Crippen LogP contribution in [0.3, 0.4) is 0 Å². The molecule has 0 atom stereocenters. The third-order valence-electron chi connectivity index (χ3n) is 2.41. The van der Waals surface area contributed by atoms with Gasteiger partial charge in [-0.2, -0.15) is 0 Å². The zero-order valence-electron chi connectivity index (χ0n) is 9.72. The smallest absolute Gasteiger partial charge is 0.335 e. The standard InChI is InChI=1S/C12H16N2O3/c1-2-14(8-11(13)15)7-9-4-3-5-10(6-9)12(16)17/h3-6H,2,7-8H2,1H3,(H2,13,15)(H,16,17). The van der Waals surface area contributed by atoms with E-state index in [-0.39, 0.29) is 18.0 Å². The van der Waals surface area contributed by atoms with Gasteiger partial charge in [-0.1, -0.05) is 19.1 Å². The number of hydrogen-bond donors (Lipinski definition) is 2. The number of carboxylic acid groups (broad SMARTS) is 1. The van der Waals surface area contributed by atoms with Crippen molar-refractivity contribution in [3.63, 3.8) is 0 Å². The molecular weight excluding hydrogens is 220 g/mol. The number of rotatable bonds is 6. The maximum absolute atomic E-state index is 10.8. The van der Waals surface area contributed by atoms with Gasteiger partial charge in [-0.15, -0.1) is 0 Å². The van der Waals surface area contributed by atoms with Crippen LogP contribution in [0.25, 0.3) is 0 Å². The van der Waals surface area contributed by atoms with E-state index in [1.54, 1.807) is 12.1 Å². The summed E-state index contributed by atoms with van der Waals surface area (Å²) < 4.78 is 0. The lowest BCUT2D eigenvalue weighted by Gasteiger charge is -2.18. The third-order valence-corrected chi connectivity index (χ3v) is 2.41. The van der Waals surface area contributed by atoms with E-state index in [1.807, 2.05) is 17.9 Å². The van der Waals surface area contributed by atoms with E-state index in [2.05, 4.69) is 0 Å². The van der Waals surface area contributed by atoms with E-state index in [0.717, 1.165) is 5.56 Å². The summed E-state index contributed by atoms with van der Waals surface area (Å²) in [5.74, 6) is -1.34. The van der Waals surface area contributed by atoms with Gasteiger partial charge < -0.3 is 10.8 Å². The first-order valence-corrected chi connectivity index (χ1v) is 5.35. The summed E-state index contributed by atoms with van der Waals surface area (Å²) in [5.41, 5.74) is 6.23. The number of nitrogens with two attached hydrogens (primary N) is 1. The van der Waals surface area contributed by atoms with Crippen LogP contribution >= 0.6 is 0 Å². The zero-order chi connectivity index (χ0) is 12.8. The van der Waals surface area contributed by atoms with Gasteiger partial charge in [0.1, 0.15) is 0 Å². The highest BCUT2D eigenvalue weighted by molar-refractivity contribution is 5.87. The van der Waals surface area contributed by atoms with Crippen molar-refractivity contribution < 1.29 is 14.7 Å². The van der Waals surface area contributed by atoms with Gasteiger partial charge in [0, 0.05) is 6.54 Å². The van der Waals surface area contributed by atoms with Crippen molar-refractivity contribution in [1.82, 2.24) is 4.90 Å². The Labute approximate surface area is 99.8 Å². The van der Waals surface area contributed by atoms with Crippen molar-refractivity contribution in [2.45, 2.75) is 13.5 Å². The number of nitrogens with zero attached hydrogens (tertiary/aromatic N) is 1. The molecule has 0 spiro atoms. The Kier molecular flexibility index (Phi) is 4.66. The number of aromatic carboxylic acids is 1. The van der Waals surface area contributed by atoms with E-state index < -0.39 is 5.97 Å². The Morgan fingerprint density at radius 2 is 2.12 bits per heavy atom. The minimum absolute atomic E-state index is 0.174. The van der Waals surface area contributed by atoms with Crippen LogP contribution in [0.2, 0.25) is 0 Å². The molecule has 0 aliphatic rings. The summed E-state index contributed by atoms with van der Waals surface area (Å²) in [6, 6.07) is 6.66. The molecule has 0 aliphatic heterocycles. The van der Waals surface area contributed by atoms with Crippen molar-refractivity contribution in [3.8, 4) is 0 Å². The van der Waals surface area contributed by atoms with Crippen molar-refractivity contribution in [2.24, 2.45) is 5.73 Å². The molecule has 0 heterocycles. The Hall–Kier alpha value is -1.88. The van der Waals surface area contributed by atoms with Gasteiger partial charge in [-0.3, -0.25) is 9.69 Å². The average Bonchev–Trinajstić information content (AvgIpc) is 2.28. The quantitative estimate of drug-likeness (QED) is 0.761. The highest BCUT2D eigenvalue weighted by Crippen LogP contribution is 2.08. The Bertz CT molecular complexity index is 418. The normalized spacial score (nSPS) is 10.5. The highest BCUT2D eigenvalue weighted by atomic mass is 16.4. The minimum atomic E-state index is -0.954. The summed E-state index contributed by atoms with van der Waals surface area (Å²) in [4.78, 5) is 23.5. The van der Waals surface area contributed by atoms with Gasteiger partial charge >= 0.3 is 5.97 Å². The number of carboxylic acids is 1. The fourth-order valence-corrected chi connectivity index (χ4v) is 1.56. The lowest BCUT2D eigenvalue weighted by molar-refractivity contribution is -0.119. The maximum Gasteiger partial charge on any atom is 0.335 e. The van der Waals surface area contributed by atoms with Crippen molar-refractivity contribution >= 4 is 11.9 Å². The van der Waals surface area contributed by atoms with Crippen LogP contribution in [0.15, 0.2) is 24.3 Å². The van der Waals surface area contributed by atoms with Crippen LogP contribution in [0.1, 0.15) is 22.8 Å². The lowest BCUT2D eigenvalue weighted by atomic mass is 10.1. The van der Waals surface area contributed by atoms with Gasteiger partial charge in [-0.25, -0.2) is 4.79 Å². The topological polar surface area (TPSA) is 83.6 Å². The predicted molar refractivity (Wildman–Crippen MR) is 63.5 cm³/mol. The van der Waals surface area contributed by atoms with Gasteiger partial charge in [0.25, 0.3) is 0 Å². The monoisotopic (exact) mass is 236 g/mol. The number of carbonyl (C=O) groups is 2. The van der Waals surface area contributed by atoms with E-state index in [1.165, 1.54) is 6.07 Å². The van der Waals surface area contributed by atoms with Crippen LogP contribution in [-0.2, 0) is 11.3 Å². The number of hydrogen-bond acceptors (Lipinski definition) is 3. The maximum atomic E-state index is 10.8. The first kappa shape index (κ1) is 13.2. The predicted octanol–water partition coefficient (Wildman–Crippen LogP) is 0.692. The molecule has 1 rings (SSSR count). The third kappa shape index (κ3) is 4.24. The van der Waals surface area contributed by atoms with Crippen LogP contribution < -0.4 is 5.73 Å². The summed E-state index contributed by atoms with van der Waals surface area (Å²) in [7, 11) is 0. The van der Waals surface area contributed by atoms with Crippen molar-refractivity contribution in [3.05, 3.63) is 35.4 Å². The first-order chi connectivity index (χ1) is 8.02. The van der Waals surface area contributed by atoms with Crippen LogP contribution in [0.5, 0.6) is 0 Å². The fourth-order valence-electron chi connectivity index (χ4n) is 1.56. The largest absolute Gasteiger partial charge is 0.478 e. The van der Waals surface area contributed by atoms with Crippen LogP contribution in [0, 0.1) is 0 Å². The first-order valence-electron chi connectivity index (χ1n) is 5.35. The number of amides is 1. The SMILES string of the molecule is CCN(CC(N)=O)Cc1cccc(C(=O)O)c1. The Morgan fingerprint density at radius 3 is 2.65 bits per heavy atom. The molecule has 0 radical (unpaired) electrons. The number of primary amides is 1. The second-order valence-electron chi connectivity index (χ2n) is 3.78. The van der Waals surface area contributed by atoms with E-state index >= 15 is 0 Å². The molecule has 1 aromatic carbocycles. The molecule has 0 unspecified atom stereocenters. The zero-order valence-corrected chi connectivity index (χ0v) is 9.72. The second-order valence-corrected chi connectivity index (χ2v) is 3.78. The Morgan fingerprint density at radius 1 is 1.41 bits per heavy atom. The number of likely N-dealkylation sites (N-methyl/N-ethyl adjacent to an activating group) is 1. The van der Waals surface area contributed by atoms with Gasteiger partial charge in [0.05, 0.1) is 12.1 Å². The van der Waals surface area contributed by atoms with Crippen molar-refractivity contribution in [1.29, 1.82) is 0 Å². The molecule has 0 fully saturated rings. The lowest BCUT2D eigenvalue weighted by Crippen LogP contribution is -2.33. The molecule has 5 nitrogen and oxygen atoms in total. The van der Waals surface area contributed by atoms with E-state index in [4.69, 9.17) is 10.8 Å². The van der Waals surface area contributed by atoms with Gasteiger partial charge in [-0.05, 0) is 24.2 Å². The second kappa shape index (κ2) is 6.00. The molecule has 0 saturated carbocycles. The molecule has 5 heteroatoms.